The van der Waals surface area contributed by atoms with Crippen LogP contribution < -0.4 is 15.4 Å². The number of para-hydroxylation sites is 1. The summed E-state index contributed by atoms with van der Waals surface area (Å²) >= 11 is 6.05. The van der Waals surface area contributed by atoms with Crippen molar-refractivity contribution in [3.63, 3.8) is 0 Å². The van der Waals surface area contributed by atoms with Gasteiger partial charge in [0.1, 0.15) is 5.75 Å². The van der Waals surface area contributed by atoms with Crippen molar-refractivity contribution < 1.29 is 14.5 Å². The fraction of sp³-hybridized carbons (Fsp3) is 0.316. The zero-order valence-corrected chi connectivity index (χ0v) is 15.4. The number of amides is 1. The van der Waals surface area contributed by atoms with Crippen LogP contribution in [0.1, 0.15) is 18.4 Å². The van der Waals surface area contributed by atoms with Gasteiger partial charge in [-0.1, -0.05) is 29.8 Å². The number of nitrogens with zero attached hydrogens (tertiary/aromatic N) is 1. The second kappa shape index (κ2) is 8.83. The molecule has 2 N–H and O–H groups in total. The van der Waals surface area contributed by atoms with Gasteiger partial charge < -0.3 is 15.4 Å². The smallest absolute Gasteiger partial charge is 0.311 e. The lowest BCUT2D eigenvalue weighted by atomic mass is 10.2. The van der Waals surface area contributed by atoms with E-state index >= 15 is 0 Å². The van der Waals surface area contributed by atoms with Crippen molar-refractivity contribution in [3.05, 3.63) is 63.2 Å². The Kier molecular flexibility index (Phi) is 6.26. The minimum atomic E-state index is -0.481. The van der Waals surface area contributed by atoms with E-state index in [2.05, 4.69) is 10.6 Å². The average Bonchev–Trinajstić information content (AvgIpc) is 3.49. The van der Waals surface area contributed by atoms with Crippen LogP contribution in [0.15, 0.2) is 42.5 Å². The highest BCUT2D eigenvalue weighted by Gasteiger charge is 2.28. The summed E-state index contributed by atoms with van der Waals surface area (Å²) in [6, 6.07) is 11.6. The predicted molar refractivity (Wildman–Crippen MR) is 102 cm³/mol. The zero-order chi connectivity index (χ0) is 19.2. The molecule has 1 aliphatic carbocycles. The lowest BCUT2D eigenvalue weighted by Gasteiger charge is -2.10. The number of hydrogen-bond donors (Lipinski definition) is 2. The molecule has 0 bridgehead atoms. The average molecular weight is 390 g/mol. The van der Waals surface area contributed by atoms with E-state index in [-0.39, 0.29) is 23.3 Å². The van der Waals surface area contributed by atoms with Crippen LogP contribution in [0.3, 0.4) is 0 Å². The lowest BCUT2D eigenvalue weighted by Crippen LogP contribution is -2.32. The summed E-state index contributed by atoms with van der Waals surface area (Å²) in [5.74, 6) is 0.792. The van der Waals surface area contributed by atoms with Gasteiger partial charge in [0.15, 0.2) is 0 Å². The molecule has 0 unspecified atom stereocenters. The third-order valence-corrected chi connectivity index (χ3v) is 4.47. The van der Waals surface area contributed by atoms with E-state index in [9.17, 15) is 14.9 Å². The molecule has 1 fully saturated rings. The number of carbonyl (C=O) groups excluding carboxylic acids is 1. The van der Waals surface area contributed by atoms with Crippen LogP contribution in [0.25, 0.3) is 0 Å². The molecule has 0 aromatic heterocycles. The van der Waals surface area contributed by atoms with Gasteiger partial charge in [0.05, 0.1) is 9.95 Å². The minimum Gasteiger partial charge on any atom is -0.449 e. The maximum atomic E-state index is 11.5. The Morgan fingerprint density at radius 1 is 1.19 bits per heavy atom. The van der Waals surface area contributed by atoms with Gasteiger partial charge in [-0.2, -0.15) is 0 Å². The summed E-state index contributed by atoms with van der Waals surface area (Å²) < 4.78 is 5.61. The first-order chi connectivity index (χ1) is 13.0. The fourth-order valence-electron chi connectivity index (χ4n) is 2.54. The number of halogens is 1. The van der Waals surface area contributed by atoms with E-state index in [1.807, 2.05) is 0 Å². The van der Waals surface area contributed by atoms with Gasteiger partial charge in [-0.15, -0.1) is 0 Å². The van der Waals surface area contributed by atoms with Gasteiger partial charge in [0.2, 0.25) is 11.7 Å². The molecule has 8 heteroatoms. The summed E-state index contributed by atoms with van der Waals surface area (Å²) in [6.07, 6.45) is 1.96. The van der Waals surface area contributed by atoms with E-state index in [0.717, 1.165) is 18.4 Å². The second-order valence-electron chi connectivity index (χ2n) is 6.33. The quantitative estimate of drug-likeness (QED) is 0.388. The van der Waals surface area contributed by atoms with Gasteiger partial charge >= 0.3 is 5.69 Å². The molecule has 2 aromatic carbocycles. The maximum absolute atomic E-state index is 11.5. The number of benzene rings is 2. The van der Waals surface area contributed by atoms with Crippen LogP contribution in [0, 0.1) is 16.0 Å². The highest BCUT2D eigenvalue weighted by Crippen LogP contribution is 2.35. The number of nitrogens with one attached hydrogen (secondary N) is 2. The van der Waals surface area contributed by atoms with Gasteiger partial charge in [0, 0.05) is 31.6 Å². The molecule has 142 valence electrons. The van der Waals surface area contributed by atoms with Crippen molar-refractivity contribution in [1.29, 1.82) is 0 Å². The molecule has 0 saturated heterocycles. The highest BCUT2D eigenvalue weighted by molar-refractivity contribution is 6.32. The maximum Gasteiger partial charge on any atom is 0.311 e. The van der Waals surface area contributed by atoms with Crippen molar-refractivity contribution in [1.82, 2.24) is 10.6 Å². The predicted octanol–water partition coefficient (Wildman–Crippen LogP) is 3.66. The fourth-order valence-corrected chi connectivity index (χ4v) is 2.72. The largest absolute Gasteiger partial charge is 0.449 e. The molecule has 27 heavy (non-hydrogen) atoms. The van der Waals surface area contributed by atoms with Gasteiger partial charge in [-0.05, 0) is 36.6 Å². The monoisotopic (exact) mass is 389 g/mol. The van der Waals surface area contributed by atoms with Crippen LogP contribution in [-0.2, 0) is 11.3 Å². The summed E-state index contributed by atoms with van der Waals surface area (Å²) in [4.78, 5) is 22.4. The molecule has 0 aliphatic heterocycles. The third-order valence-electron chi connectivity index (χ3n) is 4.15. The van der Waals surface area contributed by atoms with E-state index < -0.39 is 4.92 Å². The number of hydrogen-bond acceptors (Lipinski definition) is 5. The van der Waals surface area contributed by atoms with Crippen LogP contribution >= 0.6 is 11.6 Å². The number of rotatable bonds is 9. The van der Waals surface area contributed by atoms with E-state index in [1.54, 1.807) is 36.4 Å². The Balaban J connectivity index is 1.57. The number of nitro groups is 1. The van der Waals surface area contributed by atoms with E-state index in [4.69, 9.17) is 16.3 Å². The molecule has 1 amide bonds. The Labute approximate surface area is 161 Å². The zero-order valence-electron chi connectivity index (χ0n) is 14.6. The minimum absolute atomic E-state index is 0.105. The van der Waals surface area contributed by atoms with Gasteiger partial charge in [0.25, 0.3) is 0 Å². The number of nitro benzene ring substituents is 1. The Morgan fingerprint density at radius 3 is 2.67 bits per heavy atom. The van der Waals surface area contributed by atoms with E-state index in [1.165, 1.54) is 6.07 Å². The van der Waals surface area contributed by atoms with Gasteiger partial charge in [-0.25, -0.2) is 0 Å². The van der Waals surface area contributed by atoms with Crippen molar-refractivity contribution in [2.75, 3.05) is 13.1 Å². The molecule has 0 heterocycles. The van der Waals surface area contributed by atoms with Crippen LogP contribution in [0.5, 0.6) is 11.5 Å². The normalized spacial score (nSPS) is 13.2. The van der Waals surface area contributed by atoms with Crippen LogP contribution in [0.4, 0.5) is 5.69 Å². The Bertz CT molecular complexity index is 839. The molecular weight excluding hydrogens is 370 g/mol. The first kappa shape index (κ1) is 19.1. The van der Waals surface area contributed by atoms with Crippen molar-refractivity contribution in [2.24, 2.45) is 5.92 Å². The molecule has 0 radical (unpaired) electrons. The van der Waals surface area contributed by atoms with Crippen molar-refractivity contribution >= 4 is 23.2 Å². The first-order valence-corrected chi connectivity index (χ1v) is 9.10. The molecule has 0 spiro atoms. The summed E-state index contributed by atoms with van der Waals surface area (Å²) in [7, 11) is 0. The molecular formula is C19H20ClN3O4. The van der Waals surface area contributed by atoms with Crippen molar-refractivity contribution in [2.45, 2.75) is 19.4 Å². The standard InChI is InChI=1S/C19H20ClN3O4/c20-15-3-1-2-4-17(15)27-18-8-5-13(11-16(18)23(25)26)12-21-9-10-22-19(24)14-6-7-14/h1-5,8,11,14,21H,6-7,9-10,12H2,(H,22,24). The second-order valence-corrected chi connectivity index (χ2v) is 6.74. The topological polar surface area (TPSA) is 93.5 Å². The van der Waals surface area contributed by atoms with Crippen LogP contribution in [0.2, 0.25) is 5.02 Å². The SMILES string of the molecule is O=C(NCCNCc1ccc(Oc2ccccc2Cl)c([N+](=O)[O-])c1)C1CC1. The summed E-state index contributed by atoms with van der Waals surface area (Å²) in [5, 5.41) is 17.8. The van der Waals surface area contributed by atoms with Crippen LogP contribution in [-0.4, -0.2) is 23.9 Å². The summed E-state index contributed by atoms with van der Waals surface area (Å²) in [6.45, 7) is 1.57. The lowest BCUT2D eigenvalue weighted by molar-refractivity contribution is -0.385. The molecule has 1 saturated carbocycles. The third kappa shape index (κ3) is 5.42. The highest BCUT2D eigenvalue weighted by atomic mass is 35.5. The summed E-state index contributed by atoms with van der Waals surface area (Å²) in [5.41, 5.74) is 0.623. The first-order valence-electron chi connectivity index (χ1n) is 8.72. The number of ether oxygens (including phenoxy) is 1. The number of carbonyl (C=O) groups is 1. The molecule has 7 nitrogen and oxygen atoms in total. The van der Waals surface area contributed by atoms with E-state index in [0.29, 0.717) is 30.4 Å². The molecule has 0 atom stereocenters. The van der Waals surface area contributed by atoms with Gasteiger partial charge in [-0.3, -0.25) is 14.9 Å². The molecule has 1 aliphatic rings. The molecule has 2 aromatic rings. The van der Waals surface area contributed by atoms with Crippen molar-refractivity contribution in [3.8, 4) is 11.5 Å². The molecule has 3 rings (SSSR count). The Hall–Kier alpha value is -2.64. The Morgan fingerprint density at radius 2 is 1.96 bits per heavy atom.